The molecule has 0 saturated carbocycles. The van der Waals surface area contributed by atoms with Gasteiger partial charge in [0.1, 0.15) is 0 Å². The highest BCUT2D eigenvalue weighted by molar-refractivity contribution is 9.09. The first-order valence-electron chi connectivity index (χ1n) is 6.65. The molecule has 3 nitrogen and oxygen atoms in total. The molecule has 1 fully saturated rings. The zero-order chi connectivity index (χ0) is 13.9. The minimum atomic E-state index is 0.194. The van der Waals surface area contributed by atoms with E-state index in [0.29, 0.717) is 12.3 Å². The van der Waals surface area contributed by atoms with E-state index in [0.717, 1.165) is 28.8 Å². The number of alkyl halides is 1. The Morgan fingerprint density at radius 1 is 1.25 bits per heavy atom. The minimum absolute atomic E-state index is 0.194. The van der Waals surface area contributed by atoms with Gasteiger partial charge in [-0.2, -0.15) is 0 Å². The first-order chi connectivity index (χ1) is 9.78. The Hall–Kier alpha value is -1.68. The highest BCUT2D eigenvalue weighted by Crippen LogP contribution is 2.28. The summed E-state index contributed by atoms with van der Waals surface area (Å²) in [6, 6.07) is 13.9. The molecule has 2 heterocycles. The van der Waals surface area contributed by atoms with Gasteiger partial charge in [0.25, 0.3) is 0 Å². The molecular formula is C16H15BrN2O. The van der Waals surface area contributed by atoms with E-state index in [4.69, 9.17) is 0 Å². The van der Waals surface area contributed by atoms with Crippen LogP contribution in [0.4, 0.5) is 5.69 Å². The Labute approximate surface area is 126 Å². The first kappa shape index (κ1) is 13.3. The van der Waals surface area contributed by atoms with Gasteiger partial charge in [-0.15, -0.1) is 0 Å². The molecule has 1 aromatic carbocycles. The van der Waals surface area contributed by atoms with Crippen LogP contribution in [0.1, 0.15) is 6.42 Å². The molecule has 1 saturated heterocycles. The second-order valence-electron chi connectivity index (χ2n) is 4.99. The monoisotopic (exact) mass is 330 g/mol. The van der Waals surface area contributed by atoms with E-state index >= 15 is 0 Å². The molecule has 1 atom stereocenters. The number of rotatable bonds is 3. The highest BCUT2D eigenvalue weighted by atomic mass is 79.9. The van der Waals surface area contributed by atoms with Gasteiger partial charge in [-0.05, 0) is 18.1 Å². The van der Waals surface area contributed by atoms with Crippen molar-refractivity contribution in [3.63, 3.8) is 0 Å². The van der Waals surface area contributed by atoms with E-state index in [1.807, 2.05) is 47.4 Å². The van der Waals surface area contributed by atoms with Crippen molar-refractivity contribution in [3.8, 4) is 11.3 Å². The molecule has 102 valence electrons. The van der Waals surface area contributed by atoms with Crippen LogP contribution in [0.15, 0.2) is 48.7 Å². The van der Waals surface area contributed by atoms with Gasteiger partial charge in [0.05, 0.1) is 5.69 Å². The van der Waals surface area contributed by atoms with Gasteiger partial charge in [-0.1, -0.05) is 46.3 Å². The Morgan fingerprint density at radius 3 is 2.75 bits per heavy atom. The van der Waals surface area contributed by atoms with Crippen molar-refractivity contribution in [1.29, 1.82) is 0 Å². The largest absolute Gasteiger partial charge is 0.312 e. The quantitative estimate of drug-likeness (QED) is 0.807. The molecule has 3 rings (SSSR count). The van der Waals surface area contributed by atoms with Gasteiger partial charge in [-0.3, -0.25) is 9.78 Å². The maximum absolute atomic E-state index is 12.1. The summed E-state index contributed by atoms with van der Waals surface area (Å²) in [5.74, 6) is 0.593. The molecule has 1 amide bonds. The number of halogens is 1. The topological polar surface area (TPSA) is 33.2 Å². The van der Waals surface area contributed by atoms with Crippen LogP contribution in [0.3, 0.4) is 0 Å². The first-order valence-corrected chi connectivity index (χ1v) is 7.78. The number of hydrogen-bond acceptors (Lipinski definition) is 2. The van der Waals surface area contributed by atoms with E-state index in [2.05, 4.69) is 20.9 Å². The Morgan fingerprint density at radius 2 is 2.05 bits per heavy atom. The fourth-order valence-corrected chi connectivity index (χ4v) is 2.92. The van der Waals surface area contributed by atoms with Crippen LogP contribution in [0.25, 0.3) is 11.3 Å². The molecule has 1 aromatic heterocycles. The number of carbonyl (C=O) groups excluding carboxylic acids is 1. The van der Waals surface area contributed by atoms with Gasteiger partial charge in [0.15, 0.2) is 0 Å². The zero-order valence-electron chi connectivity index (χ0n) is 11.0. The van der Waals surface area contributed by atoms with E-state index in [-0.39, 0.29) is 5.91 Å². The van der Waals surface area contributed by atoms with Gasteiger partial charge in [-0.25, -0.2) is 0 Å². The number of hydrogen-bond donors (Lipinski definition) is 0. The third kappa shape index (κ3) is 2.61. The van der Waals surface area contributed by atoms with Crippen LogP contribution in [0, 0.1) is 5.92 Å². The van der Waals surface area contributed by atoms with E-state index < -0.39 is 0 Å². The molecule has 0 aliphatic carbocycles. The average Bonchev–Trinajstić information content (AvgIpc) is 2.89. The maximum atomic E-state index is 12.1. The van der Waals surface area contributed by atoms with Crippen LogP contribution >= 0.6 is 15.9 Å². The highest BCUT2D eigenvalue weighted by Gasteiger charge is 2.29. The summed E-state index contributed by atoms with van der Waals surface area (Å²) in [6.45, 7) is 0.780. The van der Waals surface area contributed by atoms with Crippen molar-refractivity contribution in [1.82, 2.24) is 4.98 Å². The van der Waals surface area contributed by atoms with E-state index in [1.165, 1.54) is 0 Å². The molecule has 4 heteroatoms. The van der Waals surface area contributed by atoms with Crippen molar-refractivity contribution in [2.24, 2.45) is 5.92 Å². The minimum Gasteiger partial charge on any atom is -0.312 e. The zero-order valence-corrected chi connectivity index (χ0v) is 12.6. The SMILES string of the molecule is O=C1CC(CBr)CN1c1ccnc(-c2ccccc2)c1. The molecule has 0 bridgehead atoms. The molecular weight excluding hydrogens is 316 g/mol. The summed E-state index contributed by atoms with van der Waals surface area (Å²) in [4.78, 5) is 18.3. The standard InChI is InChI=1S/C16H15BrN2O/c17-10-12-8-16(20)19(11-12)14-6-7-18-15(9-14)13-4-2-1-3-5-13/h1-7,9,12H,8,10-11H2. The van der Waals surface area contributed by atoms with Crippen LogP contribution in [-0.4, -0.2) is 22.8 Å². The van der Waals surface area contributed by atoms with Crippen LogP contribution in [-0.2, 0) is 4.79 Å². The van der Waals surface area contributed by atoms with Crippen molar-refractivity contribution in [2.45, 2.75) is 6.42 Å². The summed E-state index contributed by atoms with van der Waals surface area (Å²) in [5.41, 5.74) is 2.91. The fourth-order valence-electron chi connectivity index (χ4n) is 2.49. The predicted octanol–water partition coefficient (Wildman–Crippen LogP) is 3.50. The third-order valence-corrected chi connectivity index (χ3v) is 4.46. The van der Waals surface area contributed by atoms with Crippen molar-refractivity contribution in [2.75, 3.05) is 16.8 Å². The van der Waals surface area contributed by atoms with Crippen molar-refractivity contribution < 1.29 is 4.79 Å². The van der Waals surface area contributed by atoms with Crippen LogP contribution in [0.2, 0.25) is 0 Å². The molecule has 1 unspecified atom stereocenters. The third-order valence-electron chi connectivity index (χ3n) is 3.55. The smallest absolute Gasteiger partial charge is 0.227 e. The lowest BCUT2D eigenvalue weighted by Gasteiger charge is -2.17. The molecule has 2 aromatic rings. The lowest BCUT2D eigenvalue weighted by Crippen LogP contribution is -2.24. The van der Waals surface area contributed by atoms with E-state index in [1.54, 1.807) is 6.20 Å². The molecule has 1 aliphatic heterocycles. The van der Waals surface area contributed by atoms with Gasteiger partial charge < -0.3 is 4.90 Å². The fraction of sp³-hybridized carbons (Fsp3) is 0.250. The predicted molar refractivity (Wildman–Crippen MR) is 83.9 cm³/mol. The van der Waals surface area contributed by atoms with Crippen molar-refractivity contribution in [3.05, 3.63) is 48.7 Å². The Kier molecular flexibility index (Phi) is 3.83. The van der Waals surface area contributed by atoms with Crippen LogP contribution in [0.5, 0.6) is 0 Å². The van der Waals surface area contributed by atoms with Crippen molar-refractivity contribution >= 4 is 27.5 Å². The second kappa shape index (κ2) is 5.75. The molecule has 0 spiro atoms. The van der Waals surface area contributed by atoms with Gasteiger partial charge >= 0.3 is 0 Å². The Bertz CT molecular complexity index is 615. The van der Waals surface area contributed by atoms with Gasteiger partial charge in [0, 0.05) is 35.7 Å². The Balaban J connectivity index is 1.91. The maximum Gasteiger partial charge on any atom is 0.227 e. The lowest BCUT2D eigenvalue weighted by atomic mass is 10.1. The number of benzene rings is 1. The average molecular weight is 331 g/mol. The lowest BCUT2D eigenvalue weighted by molar-refractivity contribution is -0.117. The molecule has 0 radical (unpaired) electrons. The van der Waals surface area contributed by atoms with Crippen LogP contribution < -0.4 is 4.90 Å². The number of anilines is 1. The summed E-state index contributed by atoms with van der Waals surface area (Å²) in [7, 11) is 0. The van der Waals surface area contributed by atoms with Gasteiger partial charge in [0.2, 0.25) is 5.91 Å². The molecule has 1 aliphatic rings. The summed E-state index contributed by atoms with van der Waals surface area (Å²) in [6.07, 6.45) is 2.39. The number of aromatic nitrogens is 1. The number of pyridine rings is 1. The number of carbonyl (C=O) groups is 1. The number of nitrogens with zero attached hydrogens (tertiary/aromatic N) is 2. The molecule has 20 heavy (non-hydrogen) atoms. The molecule has 0 N–H and O–H groups in total. The normalized spacial score (nSPS) is 18.6. The summed E-state index contributed by atoms with van der Waals surface area (Å²) < 4.78 is 0. The second-order valence-corrected chi connectivity index (χ2v) is 5.64. The summed E-state index contributed by atoms with van der Waals surface area (Å²) >= 11 is 3.46. The summed E-state index contributed by atoms with van der Waals surface area (Å²) in [5, 5.41) is 0.867. The van der Waals surface area contributed by atoms with E-state index in [9.17, 15) is 4.79 Å². The number of amides is 1.